The van der Waals surface area contributed by atoms with E-state index in [0.717, 1.165) is 5.56 Å². The molecule has 2 nitrogen and oxygen atoms in total. The van der Waals surface area contributed by atoms with Gasteiger partial charge < -0.3 is 5.11 Å². The number of hydrogen-bond acceptors (Lipinski definition) is 2. The molecular formula is C13H14O2. The van der Waals surface area contributed by atoms with Crippen molar-refractivity contribution in [2.45, 2.75) is 18.9 Å². The van der Waals surface area contributed by atoms with Gasteiger partial charge in [0, 0.05) is 0 Å². The Kier molecular flexibility index (Phi) is 5.16. The summed E-state index contributed by atoms with van der Waals surface area (Å²) in [7, 11) is 0. The zero-order valence-electron chi connectivity index (χ0n) is 8.47. The van der Waals surface area contributed by atoms with Crippen LogP contribution in [-0.2, 0) is 4.79 Å². The maximum Gasteiger partial charge on any atom is 0.120 e. The average Bonchev–Trinajstić information content (AvgIpc) is 2.28. The summed E-state index contributed by atoms with van der Waals surface area (Å²) in [5.41, 5.74) is 1.06. The van der Waals surface area contributed by atoms with E-state index in [-0.39, 0.29) is 0 Å². The van der Waals surface area contributed by atoms with Gasteiger partial charge in [0.05, 0.1) is 6.10 Å². The van der Waals surface area contributed by atoms with E-state index >= 15 is 0 Å². The molecule has 0 fully saturated rings. The minimum atomic E-state index is -0.505. The van der Waals surface area contributed by atoms with Gasteiger partial charge in [-0.2, -0.15) is 0 Å². The monoisotopic (exact) mass is 202 g/mol. The Labute approximate surface area is 89.6 Å². The maximum atomic E-state index is 9.89. The quantitative estimate of drug-likeness (QED) is 0.743. The van der Waals surface area contributed by atoms with Crippen LogP contribution < -0.4 is 0 Å². The van der Waals surface area contributed by atoms with E-state index in [0.29, 0.717) is 12.8 Å². The molecule has 0 spiro atoms. The van der Waals surface area contributed by atoms with Crippen molar-refractivity contribution in [3.8, 4) is 0 Å². The molecule has 0 radical (unpaired) electrons. The van der Waals surface area contributed by atoms with Crippen molar-refractivity contribution >= 4 is 12.0 Å². The molecule has 0 heterocycles. The lowest BCUT2D eigenvalue weighted by molar-refractivity contribution is 0.215. The third-order valence-electron chi connectivity index (χ3n) is 2.00. The fraction of sp³-hybridized carbons (Fsp3) is 0.231. The molecule has 0 saturated carbocycles. The SMILES string of the molecule is O=C=CCC[C@@H](O)/C=C/c1ccccc1. The molecule has 0 aliphatic heterocycles. The molecule has 0 unspecified atom stereocenters. The Balaban J connectivity index is 2.40. The Morgan fingerprint density at radius 2 is 2.07 bits per heavy atom. The first-order chi connectivity index (χ1) is 7.33. The predicted octanol–water partition coefficient (Wildman–Crippen LogP) is 2.23. The van der Waals surface area contributed by atoms with Crippen molar-refractivity contribution in [2.75, 3.05) is 0 Å². The molecule has 1 N–H and O–H groups in total. The van der Waals surface area contributed by atoms with Gasteiger partial charge in [-0.05, 0) is 24.5 Å². The lowest BCUT2D eigenvalue weighted by Crippen LogP contribution is -2.00. The molecule has 0 aliphatic rings. The molecule has 78 valence electrons. The summed E-state index contributed by atoms with van der Waals surface area (Å²) >= 11 is 0. The van der Waals surface area contributed by atoms with Gasteiger partial charge in [0.15, 0.2) is 0 Å². The minimum absolute atomic E-state index is 0.505. The highest BCUT2D eigenvalue weighted by molar-refractivity contribution is 5.49. The maximum absolute atomic E-state index is 9.89. The van der Waals surface area contributed by atoms with Crippen molar-refractivity contribution in [1.82, 2.24) is 0 Å². The van der Waals surface area contributed by atoms with E-state index in [9.17, 15) is 9.90 Å². The van der Waals surface area contributed by atoms with Crippen LogP contribution in [0, 0.1) is 0 Å². The molecule has 0 bridgehead atoms. The molecule has 1 rings (SSSR count). The number of benzene rings is 1. The van der Waals surface area contributed by atoms with Crippen LogP contribution in [0.1, 0.15) is 18.4 Å². The summed E-state index contributed by atoms with van der Waals surface area (Å²) in [6.07, 6.45) is 5.60. The van der Waals surface area contributed by atoms with Crippen LogP contribution in [0.4, 0.5) is 0 Å². The van der Waals surface area contributed by atoms with Crippen molar-refractivity contribution < 1.29 is 9.90 Å². The summed E-state index contributed by atoms with van der Waals surface area (Å²) in [6.45, 7) is 0. The molecule has 2 heteroatoms. The lowest BCUT2D eigenvalue weighted by atomic mass is 10.1. The molecule has 1 aromatic carbocycles. The van der Waals surface area contributed by atoms with Gasteiger partial charge in [-0.1, -0.05) is 42.5 Å². The fourth-order valence-electron chi connectivity index (χ4n) is 1.20. The standard InChI is InChI=1S/C13H14O2/c14-11-5-4-8-13(15)10-9-12-6-2-1-3-7-12/h1-3,5-7,9-10,13,15H,4,8H2/b10-9+/t13-/m1/s1. The Morgan fingerprint density at radius 3 is 2.73 bits per heavy atom. The van der Waals surface area contributed by atoms with E-state index in [4.69, 9.17) is 0 Å². The third-order valence-corrected chi connectivity index (χ3v) is 2.00. The summed E-state index contributed by atoms with van der Waals surface area (Å²) in [5.74, 6) is 1.69. The number of rotatable bonds is 5. The number of carbonyl (C=O) groups excluding carboxylic acids is 1. The minimum Gasteiger partial charge on any atom is -0.389 e. The van der Waals surface area contributed by atoms with E-state index in [1.54, 1.807) is 12.0 Å². The van der Waals surface area contributed by atoms with Crippen LogP contribution >= 0.6 is 0 Å². The molecule has 0 aromatic heterocycles. The second kappa shape index (κ2) is 6.77. The smallest absolute Gasteiger partial charge is 0.120 e. The van der Waals surface area contributed by atoms with E-state index in [1.165, 1.54) is 6.08 Å². The van der Waals surface area contributed by atoms with E-state index in [1.807, 2.05) is 36.4 Å². The van der Waals surface area contributed by atoms with Gasteiger partial charge in [-0.15, -0.1) is 0 Å². The van der Waals surface area contributed by atoms with Crippen molar-refractivity contribution in [3.05, 3.63) is 48.0 Å². The largest absolute Gasteiger partial charge is 0.389 e. The number of allylic oxidation sites excluding steroid dienone is 1. The van der Waals surface area contributed by atoms with E-state index < -0.39 is 6.10 Å². The first kappa shape index (κ1) is 11.4. The van der Waals surface area contributed by atoms with Crippen molar-refractivity contribution in [2.24, 2.45) is 0 Å². The van der Waals surface area contributed by atoms with Gasteiger partial charge in [-0.25, -0.2) is 4.79 Å². The van der Waals surface area contributed by atoms with E-state index in [2.05, 4.69) is 0 Å². The Hall–Kier alpha value is -1.63. The molecule has 0 aliphatic carbocycles. The number of aliphatic hydroxyl groups excluding tert-OH is 1. The van der Waals surface area contributed by atoms with Crippen LogP contribution in [0.25, 0.3) is 6.08 Å². The summed E-state index contributed by atoms with van der Waals surface area (Å²) < 4.78 is 0. The van der Waals surface area contributed by atoms with Gasteiger partial charge in [0.25, 0.3) is 0 Å². The molecule has 0 saturated heterocycles. The van der Waals surface area contributed by atoms with Crippen molar-refractivity contribution in [1.29, 1.82) is 0 Å². The van der Waals surface area contributed by atoms with Gasteiger partial charge in [0.1, 0.15) is 5.94 Å². The normalized spacial score (nSPS) is 12.3. The topological polar surface area (TPSA) is 37.3 Å². The zero-order valence-corrected chi connectivity index (χ0v) is 8.47. The second-order valence-electron chi connectivity index (χ2n) is 3.24. The van der Waals surface area contributed by atoms with Crippen LogP contribution in [0.15, 0.2) is 42.5 Å². The summed E-state index contributed by atoms with van der Waals surface area (Å²) in [5, 5.41) is 9.50. The van der Waals surface area contributed by atoms with Gasteiger partial charge in [0.2, 0.25) is 0 Å². The summed E-state index contributed by atoms with van der Waals surface area (Å²) in [4.78, 5) is 9.89. The third kappa shape index (κ3) is 4.96. The predicted molar refractivity (Wildman–Crippen MR) is 61.0 cm³/mol. The second-order valence-corrected chi connectivity index (χ2v) is 3.24. The highest BCUT2D eigenvalue weighted by Gasteiger charge is 1.96. The number of aliphatic hydroxyl groups is 1. The highest BCUT2D eigenvalue weighted by atomic mass is 16.3. The molecule has 1 atom stereocenters. The molecule has 0 amide bonds. The highest BCUT2D eigenvalue weighted by Crippen LogP contribution is 2.05. The molecule has 15 heavy (non-hydrogen) atoms. The Morgan fingerprint density at radius 1 is 1.33 bits per heavy atom. The summed E-state index contributed by atoms with van der Waals surface area (Å²) in [6, 6.07) is 9.77. The fourth-order valence-corrected chi connectivity index (χ4v) is 1.20. The molecule has 1 aromatic rings. The van der Waals surface area contributed by atoms with Gasteiger partial charge >= 0.3 is 0 Å². The first-order valence-electron chi connectivity index (χ1n) is 4.93. The van der Waals surface area contributed by atoms with Crippen LogP contribution in [-0.4, -0.2) is 17.2 Å². The molecular weight excluding hydrogens is 188 g/mol. The van der Waals surface area contributed by atoms with Crippen LogP contribution in [0.2, 0.25) is 0 Å². The Bertz CT molecular complexity index is 348. The lowest BCUT2D eigenvalue weighted by Gasteiger charge is -2.01. The van der Waals surface area contributed by atoms with Crippen molar-refractivity contribution in [3.63, 3.8) is 0 Å². The number of hydrogen-bond donors (Lipinski definition) is 1. The first-order valence-corrected chi connectivity index (χ1v) is 4.93. The van der Waals surface area contributed by atoms with Gasteiger partial charge in [-0.3, -0.25) is 0 Å². The zero-order chi connectivity index (χ0) is 10.9. The average molecular weight is 202 g/mol. The van der Waals surface area contributed by atoms with Crippen LogP contribution in [0.3, 0.4) is 0 Å². The van der Waals surface area contributed by atoms with Crippen LogP contribution in [0.5, 0.6) is 0 Å².